The maximum absolute atomic E-state index is 13.4. The Morgan fingerprint density at radius 3 is 2.74 bits per heavy atom. The van der Waals surface area contributed by atoms with Crippen LogP contribution in [0.4, 0.5) is 16.4 Å². The van der Waals surface area contributed by atoms with Gasteiger partial charge in [-0.2, -0.15) is 4.98 Å². The van der Waals surface area contributed by atoms with E-state index in [0.717, 1.165) is 28.9 Å². The molecule has 140 valence electrons. The van der Waals surface area contributed by atoms with Crippen molar-refractivity contribution in [2.75, 3.05) is 26.5 Å². The molecule has 2 aromatic heterocycles. The van der Waals surface area contributed by atoms with Crippen LogP contribution in [-0.2, 0) is 13.6 Å². The second kappa shape index (κ2) is 6.55. The first kappa shape index (κ1) is 17.3. The van der Waals surface area contributed by atoms with E-state index in [0.29, 0.717) is 23.1 Å². The Morgan fingerprint density at radius 1 is 1.19 bits per heavy atom. The number of rotatable bonds is 5. The van der Waals surface area contributed by atoms with Crippen LogP contribution in [0, 0.1) is 5.82 Å². The molecule has 0 saturated heterocycles. The predicted molar refractivity (Wildman–Crippen MR) is 102 cm³/mol. The highest BCUT2D eigenvalue weighted by atomic mass is 19.1. The number of aromatic nitrogens is 3. The standard InChI is InChI=1S/C19H20FN5O2/c1-24(2)10-11-7-14-17(9-16(11)26-4)27-19(22-14)23-18-21-13-8-12(20)5-6-15(13)25(18)3/h5-9H,10H2,1-4H3,(H,21,22,23). The highest BCUT2D eigenvalue weighted by Crippen LogP contribution is 2.30. The van der Waals surface area contributed by atoms with Crippen LogP contribution in [0.2, 0.25) is 0 Å². The molecular weight excluding hydrogens is 349 g/mol. The molecule has 0 aliphatic carbocycles. The average molecular weight is 369 g/mol. The van der Waals surface area contributed by atoms with Gasteiger partial charge in [-0.1, -0.05) is 0 Å². The van der Waals surface area contributed by atoms with Crippen LogP contribution in [0.3, 0.4) is 0 Å². The number of imidazole rings is 1. The summed E-state index contributed by atoms with van der Waals surface area (Å²) in [6, 6.07) is 8.58. The number of hydrogen-bond donors (Lipinski definition) is 1. The van der Waals surface area contributed by atoms with Crippen molar-refractivity contribution in [1.29, 1.82) is 0 Å². The molecule has 0 radical (unpaired) electrons. The van der Waals surface area contributed by atoms with E-state index < -0.39 is 0 Å². The summed E-state index contributed by atoms with van der Waals surface area (Å²) in [6.45, 7) is 0.727. The van der Waals surface area contributed by atoms with Crippen LogP contribution in [-0.4, -0.2) is 40.6 Å². The van der Waals surface area contributed by atoms with E-state index in [1.807, 2.05) is 37.8 Å². The minimum Gasteiger partial charge on any atom is -0.496 e. The third-order valence-corrected chi connectivity index (χ3v) is 4.34. The average Bonchev–Trinajstić information content (AvgIpc) is 3.13. The van der Waals surface area contributed by atoms with Gasteiger partial charge in [-0.3, -0.25) is 5.32 Å². The lowest BCUT2D eigenvalue weighted by Crippen LogP contribution is -2.11. The van der Waals surface area contributed by atoms with Gasteiger partial charge in [0.05, 0.1) is 18.1 Å². The highest BCUT2D eigenvalue weighted by molar-refractivity contribution is 5.81. The molecule has 0 aliphatic heterocycles. The van der Waals surface area contributed by atoms with Gasteiger partial charge in [0, 0.05) is 31.3 Å². The van der Waals surface area contributed by atoms with Crippen molar-refractivity contribution >= 4 is 34.1 Å². The summed E-state index contributed by atoms with van der Waals surface area (Å²) in [5.41, 5.74) is 3.73. The van der Waals surface area contributed by atoms with Crippen molar-refractivity contribution in [2.24, 2.45) is 7.05 Å². The van der Waals surface area contributed by atoms with Crippen LogP contribution in [0.5, 0.6) is 5.75 Å². The molecule has 0 spiro atoms. The van der Waals surface area contributed by atoms with Crippen molar-refractivity contribution in [3.8, 4) is 5.75 Å². The van der Waals surface area contributed by atoms with Crippen molar-refractivity contribution < 1.29 is 13.5 Å². The minimum atomic E-state index is -0.325. The molecule has 7 nitrogen and oxygen atoms in total. The number of hydrogen-bond acceptors (Lipinski definition) is 6. The summed E-state index contributed by atoms with van der Waals surface area (Å²) in [7, 11) is 7.47. The number of nitrogens with zero attached hydrogens (tertiary/aromatic N) is 4. The SMILES string of the molecule is COc1cc2oc(Nc3nc4cc(F)ccc4n3C)nc2cc1CN(C)C. The second-order valence-electron chi connectivity index (χ2n) is 6.64. The molecule has 2 aromatic carbocycles. The van der Waals surface area contributed by atoms with Crippen LogP contribution >= 0.6 is 0 Å². The van der Waals surface area contributed by atoms with E-state index in [4.69, 9.17) is 9.15 Å². The van der Waals surface area contributed by atoms with E-state index in [1.54, 1.807) is 13.2 Å². The zero-order valence-corrected chi connectivity index (χ0v) is 15.6. The molecule has 4 aromatic rings. The molecule has 8 heteroatoms. The van der Waals surface area contributed by atoms with Crippen molar-refractivity contribution in [3.05, 3.63) is 41.7 Å². The molecule has 0 bridgehead atoms. The first-order chi connectivity index (χ1) is 12.9. The number of aryl methyl sites for hydroxylation is 1. The zero-order chi connectivity index (χ0) is 19.1. The van der Waals surface area contributed by atoms with Crippen LogP contribution in [0.15, 0.2) is 34.7 Å². The minimum absolute atomic E-state index is 0.313. The zero-order valence-electron chi connectivity index (χ0n) is 15.6. The third kappa shape index (κ3) is 3.19. The molecule has 0 fully saturated rings. The first-order valence-electron chi connectivity index (χ1n) is 8.46. The molecule has 0 unspecified atom stereocenters. The maximum Gasteiger partial charge on any atom is 0.302 e. The van der Waals surface area contributed by atoms with Gasteiger partial charge in [-0.05, 0) is 32.3 Å². The Bertz CT molecular complexity index is 1130. The molecular formula is C19H20FN5O2. The monoisotopic (exact) mass is 369 g/mol. The van der Waals surface area contributed by atoms with Gasteiger partial charge >= 0.3 is 6.01 Å². The van der Waals surface area contributed by atoms with E-state index in [2.05, 4.69) is 20.2 Å². The first-order valence-corrected chi connectivity index (χ1v) is 8.46. The van der Waals surface area contributed by atoms with E-state index >= 15 is 0 Å². The number of fused-ring (bicyclic) bond motifs is 2. The summed E-state index contributed by atoms with van der Waals surface area (Å²) in [6.07, 6.45) is 0. The van der Waals surface area contributed by atoms with Crippen LogP contribution in [0.25, 0.3) is 22.1 Å². The van der Waals surface area contributed by atoms with Gasteiger partial charge in [-0.25, -0.2) is 9.37 Å². The van der Waals surface area contributed by atoms with Gasteiger partial charge < -0.3 is 18.6 Å². The molecule has 0 atom stereocenters. The molecule has 0 saturated carbocycles. The number of oxazole rings is 1. The van der Waals surface area contributed by atoms with E-state index in [-0.39, 0.29) is 5.82 Å². The third-order valence-electron chi connectivity index (χ3n) is 4.34. The van der Waals surface area contributed by atoms with Gasteiger partial charge in [0.25, 0.3) is 0 Å². The molecule has 1 N–H and O–H groups in total. The quantitative estimate of drug-likeness (QED) is 0.579. The smallest absolute Gasteiger partial charge is 0.302 e. The number of anilines is 2. The summed E-state index contributed by atoms with van der Waals surface area (Å²) in [4.78, 5) is 11.0. The molecule has 4 rings (SSSR count). The predicted octanol–water partition coefficient (Wildman–Crippen LogP) is 3.67. The van der Waals surface area contributed by atoms with Gasteiger partial charge in [0.15, 0.2) is 5.58 Å². The Morgan fingerprint density at radius 2 is 2.00 bits per heavy atom. The van der Waals surface area contributed by atoms with Gasteiger partial charge in [0.1, 0.15) is 17.1 Å². The van der Waals surface area contributed by atoms with Crippen molar-refractivity contribution in [1.82, 2.24) is 19.4 Å². The number of methoxy groups -OCH3 is 1. The Kier molecular flexibility index (Phi) is 4.19. The maximum atomic E-state index is 13.4. The van der Waals surface area contributed by atoms with E-state index in [9.17, 15) is 4.39 Å². The second-order valence-corrected chi connectivity index (χ2v) is 6.64. The number of benzene rings is 2. The van der Waals surface area contributed by atoms with Crippen molar-refractivity contribution in [2.45, 2.75) is 6.54 Å². The van der Waals surface area contributed by atoms with Gasteiger partial charge in [0.2, 0.25) is 5.95 Å². The van der Waals surface area contributed by atoms with Crippen LogP contribution in [0.1, 0.15) is 5.56 Å². The highest BCUT2D eigenvalue weighted by Gasteiger charge is 2.15. The summed E-state index contributed by atoms with van der Waals surface area (Å²) in [5.74, 6) is 0.939. The largest absolute Gasteiger partial charge is 0.496 e. The normalized spacial score (nSPS) is 11.6. The number of nitrogens with one attached hydrogen (secondary N) is 1. The molecule has 0 amide bonds. The summed E-state index contributed by atoms with van der Waals surface area (Å²) in [5, 5.41) is 3.07. The van der Waals surface area contributed by atoms with Crippen molar-refractivity contribution in [3.63, 3.8) is 0 Å². The Labute approximate surface area is 155 Å². The molecule has 2 heterocycles. The lowest BCUT2D eigenvalue weighted by Gasteiger charge is -2.12. The topological polar surface area (TPSA) is 68.3 Å². The fraction of sp³-hybridized carbons (Fsp3) is 0.263. The Balaban J connectivity index is 1.71. The fourth-order valence-electron chi connectivity index (χ4n) is 3.09. The summed E-state index contributed by atoms with van der Waals surface area (Å²) >= 11 is 0. The van der Waals surface area contributed by atoms with Gasteiger partial charge in [-0.15, -0.1) is 0 Å². The fourth-order valence-corrected chi connectivity index (χ4v) is 3.09. The molecule has 27 heavy (non-hydrogen) atoms. The Hall–Kier alpha value is -3.13. The lowest BCUT2D eigenvalue weighted by molar-refractivity contribution is 0.372. The summed E-state index contributed by atoms with van der Waals surface area (Å²) < 4.78 is 26.5. The number of ether oxygens (including phenoxy) is 1. The molecule has 0 aliphatic rings. The number of halogens is 1. The van der Waals surface area contributed by atoms with Crippen LogP contribution < -0.4 is 10.1 Å². The van der Waals surface area contributed by atoms with E-state index in [1.165, 1.54) is 12.1 Å². The lowest BCUT2D eigenvalue weighted by atomic mass is 10.1.